The second-order valence-electron chi connectivity index (χ2n) is 7.16. The highest BCUT2D eigenvalue weighted by atomic mass is 35.5. The minimum atomic E-state index is -0.286. The van der Waals surface area contributed by atoms with Gasteiger partial charge in [0.15, 0.2) is 11.5 Å². The molecular formula is C23H27ClN2O4. The first-order chi connectivity index (χ1) is 14.5. The molecule has 2 aromatic rings. The van der Waals surface area contributed by atoms with Crippen molar-refractivity contribution in [3.05, 3.63) is 58.1 Å². The summed E-state index contributed by atoms with van der Waals surface area (Å²) in [5, 5.41) is 3.19. The molecule has 0 atom stereocenters. The van der Waals surface area contributed by atoms with Crippen LogP contribution in [0.5, 0.6) is 11.5 Å². The number of rotatable bonds is 7. The molecule has 0 aromatic heterocycles. The molecule has 1 N–H and O–H groups in total. The maximum atomic E-state index is 12.7. The van der Waals surface area contributed by atoms with Gasteiger partial charge in [0.25, 0.3) is 11.8 Å². The minimum absolute atomic E-state index is 0.0471. The van der Waals surface area contributed by atoms with Crippen LogP contribution in [-0.2, 0) is 6.54 Å². The smallest absolute Gasteiger partial charge is 0.253 e. The summed E-state index contributed by atoms with van der Waals surface area (Å²) in [5.74, 6) is 0.586. The molecule has 30 heavy (non-hydrogen) atoms. The monoisotopic (exact) mass is 430 g/mol. The quantitative estimate of drug-likeness (QED) is 0.711. The average Bonchev–Trinajstić information content (AvgIpc) is 2.79. The van der Waals surface area contributed by atoms with Crippen LogP contribution in [0.3, 0.4) is 0 Å². The molecule has 2 amide bonds. The number of amides is 2. The van der Waals surface area contributed by atoms with E-state index in [9.17, 15) is 9.59 Å². The Kier molecular flexibility index (Phi) is 7.57. The third-order valence-corrected chi connectivity index (χ3v) is 5.33. The second-order valence-corrected chi connectivity index (χ2v) is 7.57. The molecule has 7 heteroatoms. The van der Waals surface area contributed by atoms with E-state index >= 15 is 0 Å². The zero-order valence-electron chi connectivity index (χ0n) is 17.4. The van der Waals surface area contributed by atoms with Crippen molar-refractivity contribution in [3.63, 3.8) is 0 Å². The van der Waals surface area contributed by atoms with Gasteiger partial charge in [-0.05, 0) is 56.0 Å². The van der Waals surface area contributed by atoms with Crippen LogP contribution in [0.4, 0.5) is 0 Å². The molecule has 0 unspecified atom stereocenters. The van der Waals surface area contributed by atoms with E-state index in [2.05, 4.69) is 5.32 Å². The lowest BCUT2D eigenvalue weighted by Gasteiger charge is -2.26. The van der Waals surface area contributed by atoms with Crippen LogP contribution in [0.15, 0.2) is 36.4 Å². The van der Waals surface area contributed by atoms with Crippen molar-refractivity contribution in [2.45, 2.75) is 32.7 Å². The molecule has 1 heterocycles. The van der Waals surface area contributed by atoms with Crippen LogP contribution in [0.25, 0.3) is 0 Å². The summed E-state index contributed by atoms with van der Waals surface area (Å²) < 4.78 is 10.8. The molecule has 1 fully saturated rings. The van der Waals surface area contributed by atoms with Crippen LogP contribution < -0.4 is 14.8 Å². The number of nitrogens with one attached hydrogen (secondary N) is 1. The van der Waals surface area contributed by atoms with Gasteiger partial charge in [-0.25, -0.2) is 0 Å². The normalized spacial score (nSPS) is 13.6. The van der Waals surface area contributed by atoms with E-state index in [1.54, 1.807) is 12.1 Å². The van der Waals surface area contributed by atoms with Crippen molar-refractivity contribution in [1.29, 1.82) is 0 Å². The lowest BCUT2D eigenvalue weighted by molar-refractivity contribution is 0.0724. The largest absolute Gasteiger partial charge is 0.493 e. The molecular weight excluding hydrogens is 404 g/mol. The Bertz CT molecular complexity index is 910. The van der Waals surface area contributed by atoms with Crippen LogP contribution in [0, 0.1) is 0 Å². The molecule has 6 nitrogen and oxygen atoms in total. The summed E-state index contributed by atoms with van der Waals surface area (Å²) in [6.07, 6.45) is 3.28. The number of piperidine rings is 1. The summed E-state index contributed by atoms with van der Waals surface area (Å²) in [5.41, 5.74) is 1.88. The number of likely N-dealkylation sites (tertiary alicyclic amines) is 1. The van der Waals surface area contributed by atoms with Gasteiger partial charge in [-0.1, -0.05) is 23.7 Å². The molecule has 0 saturated carbocycles. The van der Waals surface area contributed by atoms with Gasteiger partial charge >= 0.3 is 0 Å². The third-order valence-electron chi connectivity index (χ3n) is 5.05. The van der Waals surface area contributed by atoms with Crippen molar-refractivity contribution in [1.82, 2.24) is 10.2 Å². The highest BCUT2D eigenvalue weighted by molar-refractivity contribution is 6.32. The molecule has 1 aliphatic rings. The number of benzene rings is 2. The Morgan fingerprint density at radius 2 is 1.87 bits per heavy atom. The van der Waals surface area contributed by atoms with Gasteiger partial charge in [0.2, 0.25) is 0 Å². The van der Waals surface area contributed by atoms with E-state index in [4.69, 9.17) is 21.1 Å². The first-order valence-electron chi connectivity index (χ1n) is 10.2. The number of halogens is 1. The first-order valence-corrected chi connectivity index (χ1v) is 10.6. The van der Waals surface area contributed by atoms with Crippen molar-refractivity contribution in [2.24, 2.45) is 0 Å². The molecule has 0 spiro atoms. The summed E-state index contributed by atoms with van der Waals surface area (Å²) in [6, 6.07) is 10.5. The topological polar surface area (TPSA) is 67.9 Å². The Labute approximate surface area is 182 Å². The van der Waals surface area contributed by atoms with E-state index in [0.29, 0.717) is 40.8 Å². The number of carbonyl (C=O) groups excluding carboxylic acids is 2. The SMILES string of the molecule is CCOc1c(Cl)cc(C(=O)NCc2cccc(C(=O)N3CCCCC3)c2)cc1OC. The Balaban J connectivity index is 1.67. The first kappa shape index (κ1) is 22.0. The van der Waals surface area contributed by atoms with E-state index in [0.717, 1.165) is 31.5 Å². The maximum absolute atomic E-state index is 12.7. The molecule has 3 rings (SSSR count). The van der Waals surface area contributed by atoms with Crippen LogP contribution >= 0.6 is 11.6 Å². The van der Waals surface area contributed by atoms with E-state index in [1.807, 2.05) is 36.1 Å². The van der Waals surface area contributed by atoms with Crippen molar-refractivity contribution in [2.75, 3.05) is 26.8 Å². The van der Waals surface area contributed by atoms with Crippen LogP contribution in [0.2, 0.25) is 5.02 Å². The van der Waals surface area contributed by atoms with Crippen molar-refractivity contribution in [3.8, 4) is 11.5 Å². The lowest BCUT2D eigenvalue weighted by atomic mass is 10.1. The summed E-state index contributed by atoms with van der Waals surface area (Å²) in [4.78, 5) is 27.2. The Hall–Kier alpha value is -2.73. The number of hydrogen-bond donors (Lipinski definition) is 1. The summed E-state index contributed by atoms with van der Waals surface area (Å²) in [7, 11) is 1.50. The van der Waals surface area contributed by atoms with Gasteiger partial charge in [0.05, 0.1) is 18.7 Å². The van der Waals surface area contributed by atoms with E-state index < -0.39 is 0 Å². The maximum Gasteiger partial charge on any atom is 0.253 e. The number of nitrogens with zero attached hydrogens (tertiary/aromatic N) is 1. The van der Waals surface area contributed by atoms with Gasteiger partial charge < -0.3 is 19.7 Å². The molecule has 0 bridgehead atoms. The van der Waals surface area contributed by atoms with Gasteiger partial charge in [-0.15, -0.1) is 0 Å². The Morgan fingerprint density at radius 1 is 1.10 bits per heavy atom. The number of ether oxygens (including phenoxy) is 2. The predicted octanol–water partition coefficient (Wildman–Crippen LogP) is 4.30. The number of hydrogen-bond acceptors (Lipinski definition) is 4. The minimum Gasteiger partial charge on any atom is -0.493 e. The van der Waals surface area contributed by atoms with Crippen molar-refractivity contribution < 1.29 is 19.1 Å². The van der Waals surface area contributed by atoms with Gasteiger partial charge in [0, 0.05) is 30.8 Å². The average molecular weight is 431 g/mol. The standard InChI is InChI=1S/C23H27ClN2O4/c1-3-30-21-19(24)13-18(14-20(21)29-2)22(27)25-15-16-8-7-9-17(12-16)23(28)26-10-5-4-6-11-26/h7-9,12-14H,3-6,10-11,15H2,1-2H3,(H,25,27). The highest BCUT2D eigenvalue weighted by Gasteiger charge is 2.19. The molecule has 0 radical (unpaired) electrons. The third kappa shape index (κ3) is 5.25. The van der Waals surface area contributed by atoms with Gasteiger partial charge in [-0.2, -0.15) is 0 Å². The molecule has 1 saturated heterocycles. The van der Waals surface area contributed by atoms with Crippen molar-refractivity contribution >= 4 is 23.4 Å². The van der Waals surface area contributed by atoms with Gasteiger partial charge in [-0.3, -0.25) is 9.59 Å². The molecule has 160 valence electrons. The Morgan fingerprint density at radius 3 is 2.57 bits per heavy atom. The summed E-state index contributed by atoms with van der Waals surface area (Å²) >= 11 is 6.26. The van der Waals surface area contributed by atoms with Gasteiger partial charge in [0.1, 0.15) is 0 Å². The van der Waals surface area contributed by atoms with E-state index in [1.165, 1.54) is 13.5 Å². The highest BCUT2D eigenvalue weighted by Crippen LogP contribution is 2.36. The molecule has 0 aliphatic carbocycles. The number of methoxy groups -OCH3 is 1. The summed E-state index contributed by atoms with van der Waals surface area (Å²) in [6.45, 7) is 4.20. The lowest BCUT2D eigenvalue weighted by Crippen LogP contribution is -2.35. The zero-order chi connectivity index (χ0) is 21.5. The van der Waals surface area contributed by atoms with Crippen LogP contribution in [0.1, 0.15) is 52.5 Å². The fourth-order valence-corrected chi connectivity index (χ4v) is 3.78. The molecule has 1 aliphatic heterocycles. The molecule has 2 aromatic carbocycles. The fourth-order valence-electron chi connectivity index (χ4n) is 3.51. The second kappa shape index (κ2) is 10.3. The fraction of sp³-hybridized carbons (Fsp3) is 0.391. The predicted molar refractivity (Wildman–Crippen MR) is 117 cm³/mol. The zero-order valence-corrected chi connectivity index (χ0v) is 18.1. The van der Waals surface area contributed by atoms with E-state index in [-0.39, 0.29) is 11.8 Å². The van der Waals surface area contributed by atoms with Crippen LogP contribution in [-0.4, -0.2) is 43.5 Å². The number of carbonyl (C=O) groups is 2.